The number of likely N-dealkylation sites (tertiary alicyclic amines) is 1. The molecule has 2 aromatic rings. The molecule has 3 aliphatic rings. The number of hydrazine groups is 2. The van der Waals surface area contributed by atoms with Crippen LogP contribution in [0.4, 0.5) is 15.8 Å². The molecule has 2 unspecified atom stereocenters. The van der Waals surface area contributed by atoms with Gasteiger partial charge in [-0.2, -0.15) is 0 Å². The van der Waals surface area contributed by atoms with Crippen LogP contribution in [0.15, 0.2) is 86.0 Å². The summed E-state index contributed by atoms with van der Waals surface area (Å²) in [7, 11) is 4.03. The lowest BCUT2D eigenvalue weighted by Crippen LogP contribution is -2.27. The first kappa shape index (κ1) is 30.9. The van der Waals surface area contributed by atoms with Crippen LogP contribution in [0.1, 0.15) is 60.8 Å². The maximum atomic E-state index is 14.5. The van der Waals surface area contributed by atoms with Gasteiger partial charge in [0.2, 0.25) is 0 Å². The molecule has 0 amide bonds. The Bertz CT molecular complexity index is 1210. The van der Waals surface area contributed by atoms with Crippen molar-refractivity contribution in [2.24, 2.45) is 17.4 Å². The number of fused-ring (bicyclic) bond motifs is 1. The van der Waals surface area contributed by atoms with Crippen LogP contribution in [0.3, 0.4) is 0 Å². The first-order chi connectivity index (χ1) is 19.3. The molecule has 1 saturated heterocycles. The van der Waals surface area contributed by atoms with Crippen molar-refractivity contribution >= 4 is 11.4 Å². The number of allylic oxidation sites excluding steroid dienone is 1. The largest absolute Gasteiger partial charge is 0.403 e. The Kier molecular flexibility index (Phi) is 11.3. The zero-order valence-corrected chi connectivity index (χ0v) is 23.8. The molecule has 8 nitrogen and oxygen atoms in total. The highest BCUT2D eigenvalue weighted by Crippen LogP contribution is 2.43. The Labute approximate surface area is 238 Å². The third kappa shape index (κ3) is 7.51. The molecule has 2 fully saturated rings. The lowest BCUT2D eigenvalue weighted by molar-refractivity contribution is 0.357. The summed E-state index contributed by atoms with van der Waals surface area (Å²) in [6.07, 6.45) is 10.7. The molecule has 2 aromatic carbocycles. The molecule has 40 heavy (non-hydrogen) atoms. The Morgan fingerprint density at radius 2 is 1.98 bits per heavy atom. The maximum absolute atomic E-state index is 14.5. The Morgan fingerprint density at radius 3 is 2.45 bits per heavy atom. The van der Waals surface area contributed by atoms with E-state index in [1.54, 1.807) is 12.1 Å². The van der Waals surface area contributed by atoms with Gasteiger partial charge in [-0.05, 0) is 81.1 Å². The molecule has 216 valence electrons. The van der Waals surface area contributed by atoms with Gasteiger partial charge in [0.05, 0.1) is 17.4 Å². The van der Waals surface area contributed by atoms with Gasteiger partial charge in [0.25, 0.3) is 0 Å². The lowest BCUT2D eigenvalue weighted by atomic mass is 9.95. The average molecular weight is 549 g/mol. The summed E-state index contributed by atoms with van der Waals surface area (Å²) in [5.74, 6) is 12.0. The number of halogens is 1. The molecule has 0 aromatic heterocycles. The van der Waals surface area contributed by atoms with Crippen molar-refractivity contribution < 1.29 is 4.39 Å². The van der Waals surface area contributed by atoms with Gasteiger partial charge in [-0.3, -0.25) is 15.8 Å². The smallest absolute Gasteiger partial charge is 0.127 e. The number of hydrogen-bond acceptors (Lipinski definition) is 8. The van der Waals surface area contributed by atoms with E-state index in [2.05, 4.69) is 47.7 Å². The summed E-state index contributed by atoms with van der Waals surface area (Å²) in [5.41, 5.74) is 12.8. The number of rotatable bonds is 8. The molecule has 0 bridgehead atoms. The van der Waals surface area contributed by atoms with Gasteiger partial charge in [-0.15, -0.1) is 13.2 Å². The molecule has 0 radical (unpaired) electrons. The molecular formula is C31H45FN8. The summed E-state index contributed by atoms with van der Waals surface area (Å²) >= 11 is 0. The fourth-order valence-corrected chi connectivity index (χ4v) is 5.00. The highest BCUT2D eigenvalue weighted by molar-refractivity contribution is 5.83. The number of likely N-dealkylation sites (N-methyl/N-ethyl adjacent to an activating group) is 1. The summed E-state index contributed by atoms with van der Waals surface area (Å²) in [4.78, 5) is 2.34. The highest BCUT2D eigenvalue weighted by atomic mass is 19.1. The van der Waals surface area contributed by atoms with Crippen molar-refractivity contribution in [2.75, 3.05) is 31.0 Å². The van der Waals surface area contributed by atoms with Crippen molar-refractivity contribution in [1.82, 2.24) is 15.6 Å². The third-order valence-corrected chi connectivity index (χ3v) is 7.47. The lowest BCUT2D eigenvalue weighted by Gasteiger charge is -2.21. The predicted molar refractivity (Wildman–Crippen MR) is 165 cm³/mol. The Hall–Kier alpha value is -3.63. The monoisotopic (exact) mass is 548 g/mol. The van der Waals surface area contributed by atoms with Crippen LogP contribution in [0.2, 0.25) is 0 Å². The third-order valence-electron chi connectivity index (χ3n) is 7.47. The molecule has 9 N–H and O–H groups in total. The number of benzene rings is 2. The van der Waals surface area contributed by atoms with Gasteiger partial charge in [0.15, 0.2) is 0 Å². The normalized spacial score (nSPS) is 18.9. The topological polar surface area (TPSA) is 121 Å². The molecule has 0 spiro atoms. The molecule has 5 rings (SSSR count). The van der Waals surface area contributed by atoms with Gasteiger partial charge in [0.1, 0.15) is 11.6 Å². The van der Waals surface area contributed by atoms with Crippen LogP contribution < -0.4 is 38.5 Å². The Morgan fingerprint density at radius 1 is 1.23 bits per heavy atom. The minimum atomic E-state index is -0.130. The fourth-order valence-electron chi connectivity index (χ4n) is 5.00. The van der Waals surface area contributed by atoms with Gasteiger partial charge < -0.3 is 21.8 Å². The average Bonchev–Trinajstić information content (AvgIpc) is 3.65. The van der Waals surface area contributed by atoms with E-state index in [-0.39, 0.29) is 11.9 Å². The van der Waals surface area contributed by atoms with Crippen molar-refractivity contribution in [3.63, 3.8) is 0 Å². The number of hydrogen-bond donors (Lipinski definition) is 6. The number of nitrogens with two attached hydrogens (primary N) is 3. The summed E-state index contributed by atoms with van der Waals surface area (Å²) in [6.45, 7) is 12.4. The highest BCUT2D eigenvalue weighted by Gasteiger charge is 2.29. The maximum Gasteiger partial charge on any atom is 0.127 e. The van der Waals surface area contributed by atoms with E-state index in [0.29, 0.717) is 24.2 Å². The van der Waals surface area contributed by atoms with Crippen LogP contribution in [-0.4, -0.2) is 31.6 Å². The number of para-hydroxylation sites is 1. The molecule has 1 aliphatic carbocycles. The molecule has 2 atom stereocenters. The molecule has 2 heterocycles. The predicted octanol–water partition coefficient (Wildman–Crippen LogP) is 4.68. The number of nitrogens with zero attached hydrogens (tertiary/aromatic N) is 2. The van der Waals surface area contributed by atoms with Gasteiger partial charge >= 0.3 is 0 Å². The summed E-state index contributed by atoms with van der Waals surface area (Å²) < 4.78 is 14.5. The standard InChI is InChI=1S/C19H21FN4.C7H13N.C5H11N3/c1-11-23-19-15(4-3-5-17(19)24(11)21)18(22-2)13-8-9-14(12-6-7-12)16(20)10-13;1-3-7-5-4-6-8(7)2;1-2-3-5(4-6)8-7/h3-5,8-10,12,18,22-23H,1,6-7,21H2,2H3;3,7H,1,4-6H2,2H3;2,4,8H,1,3,6-7H2/b;;5-4-. The SMILES string of the molecule is C=C1Nc2c(C(NC)c3ccc(C4CC4)c(F)c3)cccc2N1N.C=CC/C(=C/N)NN.C=CC1CCCN1C. The second-order valence-corrected chi connectivity index (χ2v) is 10.2. The van der Waals surface area contributed by atoms with Crippen molar-refractivity contribution in [2.45, 2.75) is 50.1 Å². The second-order valence-electron chi connectivity index (χ2n) is 10.2. The second kappa shape index (κ2) is 14.7. The van der Waals surface area contributed by atoms with Crippen LogP contribution >= 0.6 is 0 Å². The van der Waals surface area contributed by atoms with E-state index in [0.717, 1.165) is 46.6 Å². The summed E-state index contributed by atoms with van der Waals surface area (Å²) in [5, 5.41) is 8.05. The first-order valence-corrected chi connectivity index (χ1v) is 13.7. The van der Waals surface area contributed by atoms with Crippen LogP contribution in [0.5, 0.6) is 0 Å². The van der Waals surface area contributed by atoms with Gasteiger partial charge in [-0.25, -0.2) is 10.2 Å². The fraction of sp³-hybridized carbons (Fsp3) is 0.355. The van der Waals surface area contributed by atoms with E-state index in [1.165, 1.54) is 30.6 Å². The quantitative estimate of drug-likeness (QED) is 0.160. The van der Waals surface area contributed by atoms with Crippen LogP contribution in [-0.2, 0) is 0 Å². The van der Waals surface area contributed by atoms with Gasteiger partial charge in [-0.1, -0.05) is 43.0 Å². The minimum Gasteiger partial charge on any atom is -0.403 e. The first-order valence-electron chi connectivity index (χ1n) is 13.7. The Balaban J connectivity index is 0.000000226. The molecule has 2 aliphatic heterocycles. The summed E-state index contributed by atoms with van der Waals surface area (Å²) in [6, 6.07) is 12.0. The molecule has 9 heteroatoms. The van der Waals surface area contributed by atoms with Gasteiger partial charge in [0, 0.05) is 24.4 Å². The molecule has 1 saturated carbocycles. The number of nitrogens with one attached hydrogen (secondary N) is 3. The minimum absolute atomic E-state index is 0.111. The zero-order valence-electron chi connectivity index (χ0n) is 23.8. The van der Waals surface area contributed by atoms with E-state index < -0.39 is 0 Å². The van der Waals surface area contributed by atoms with E-state index in [1.807, 2.05) is 43.5 Å². The van der Waals surface area contributed by atoms with Crippen LogP contribution in [0, 0.1) is 5.82 Å². The van der Waals surface area contributed by atoms with E-state index in [9.17, 15) is 4.39 Å². The van der Waals surface area contributed by atoms with E-state index >= 15 is 0 Å². The molecular weight excluding hydrogens is 503 g/mol. The van der Waals surface area contributed by atoms with Crippen molar-refractivity contribution in [1.29, 1.82) is 0 Å². The zero-order chi connectivity index (χ0) is 29.2. The number of anilines is 2. The van der Waals surface area contributed by atoms with Crippen molar-refractivity contribution in [3.05, 3.63) is 109 Å². The van der Waals surface area contributed by atoms with Crippen LogP contribution in [0.25, 0.3) is 0 Å². The van der Waals surface area contributed by atoms with Crippen molar-refractivity contribution in [3.8, 4) is 0 Å². The van der Waals surface area contributed by atoms with E-state index in [4.69, 9.17) is 17.4 Å².